The van der Waals surface area contributed by atoms with Crippen LogP contribution in [0.2, 0.25) is 0 Å². The minimum Gasteiger partial charge on any atom is -0.481 e. The third-order valence-electron chi connectivity index (χ3n) is 3.06. The molecule has 3 N–H and O–H groups in total. The van der Waals surface area contributed by atoms with E-state index in [1.807, 2.05) is 20.8 Å². The van der Waals surface area contributed by atoms with Crippen molar-refractivity contribution in [3.63, 3.8) is 0 Å². The topological polar surface area (TPSA) is 87.7 Å². The van der Waals surface area contributed by atoms with Gasteiger partial charge < -0.3 is 20.5 Å². The number of amides is 2. The molecular formula is C13H26N2O4. The summed E-state index contributed by atoms with van der Waals surface area (Å²) in [4.78, 5) is 22.3. The third kappa shape index (κ3) is 8.42. The van der Waals surface area contributed by atoms with Crippen LogP contribution in [0.3, 0.4) is 0 Å². The van der Waals surface area contributed by atoms with Crippen molar-refractivity contribution in [1.82, 2.24) is 10.6 Å². The van der Waals surface area contributed by atoms with Gasteiger partial charge >= 0.3 is 12.0 Å². The minimum atomic E-state index is -0.839. The summed E-state index contributed by atoms with van der Waals surface area (Å²) < 4.78 is 5.05. The number of urea groups is 1. The van der Waals surface area contributed by atoms with E-state index in [0.29, 0.717) is 13.2 Å². The molecular weight excluding hydrogens is 248 g/mol. The molecule has 6 nitrogen and oxygen atoms in total. The molecule has 0 saturated carbocycles. The van der Waals surface area contributed by atoms with Crippen molar-refractivity contribution in [2.75, 3.05) is 20.3 Å². The van der Waals surface area contributed by atoms with E-state index in [1.165, 1.54) is 0 Å². The van der Waals surface area contributed by atoms with E-state index in [4.69, 9.17) is 9.84 Å². The van der Waals surface area contributed by atoms with Crippen molar-refractivity contribution in [2.24, 2.45) is 11.8 Å². The first kappa shape index (κ1) is 17.7. The van der Waals surface area contributed by atoms with Crippen LogP contribution in [-0.4, -0.2) is 43.4 Å². The number of carboxylic acid groups (broad SMARTS) is 1. The van der Waals surface area contributed by atoms with Crippen LogP contribution in [0.1, 0.15) is 33.6 Å². The summed E-state index contributed by atoms with van der Waals surface area (Å²) in [6.45, 7) is 6.74. The molecule has 19 heavy (non-hydrogen) atoms. The number of carboxylic acids is 1. The zero-order chi connectivity index (χ0) is 14.8. The van der Waals surface area contributed by atoms with Crippen LogP contribution >= 0.6 is 0 Å². The van der Waals surface area contributed by atoms with Gasteiger partial charge in [0.15, 0.2) is 0 Å². The SMILES string of the molecule is CCC(CNC(=O)NC(COC)C(C)C)CC(=O)O. The summed E-state index contributed by atoms with van der Waals surface area (Å²) in [5.74, 6) is -0.608. The van der Waals surface area contributed by atoms with Gasteiger partial charge in [-0.1, -0.05) is 27.2 Å². The molecule has 0 aliphatic heterocycles. The van der Waals surface area contributed by atoms with E-state index in [2.05, 4.69) is 10.6 Å². The number of carbonyl (C=O) groups excluding carboxylic acids is 1. The fraction of sp³-hybridized carbons (Fsp3) is 0.846. The predicted octanol–water partition coefficient (Wildman–Crippen LogP) is 1.46. The normalized spacial score (nSPS) is 13.9. The third-order valence-corrected chi connectivity index (χ3v) is 3.06. The van der Waals surface area contributed by atoms with Gasteiger partial charge in [-0.2, -0.15) is 0 Å². The lowest BCUT2D eigenvalue weighted by molar-refractivity contribution is -0.138. The Morgan fingerprint density at radius 3 is 2.37 bits per heavy atom. The maximum absolute atomic E-state index is 11.7. The van der Waals surface area contributed by atoms with E-state index < -0.39 is 5.97 Å². The van der Waals surface area contributed by atoms with Gasteiger partial charge in [0.05, 0.1) is 12.6 Å². The Balaban J connectivity index is 4.11. The minimum absolute atomic E-state index is 0.0387. The molecule has 0 heterocycles. The quantitative estimate of drug-likeness (QED) is 0.594. The second-order valence-corrected chi connectivity index (χ2v) is 5.03. The highest BCUT2D eigenvalue weighted by Gasteiger charge is 2.17. The molecule has 112 valence electrons. The van der Waals surface area contributed by atoms with Gasteiger partial charge in [0.2, 0.25) is 0 Å². The highest BCUT2D eigenvalue weighted by molar-refractivity contribution is 5.74. The zero-order valence-corrected chi connectivity index (χ0v) is 12.2. The van der Waals surface area contributed by atoms with Crippen LogP contribution in [-0.2, 0) is 9.53 Å². The summed E-state index contributed by atoms with van der Waals surface area (Å²) >= 11 is 0. The van der Waals surface area contributed by atoms with Gasteiger partial charge in [0, 0.05) is 20.1 Å². The number of hydrogen-bond acceptors (Lipinski definition) is 3. The molecule has 2 atom stereocenters. The van der Waals surface area contributed by atoms with Gasteiger partial charge in [-0.05, 0) is 11.8 Å². The highest BCUT2D eigenvalue weighted by Crippen LogP contribution is 2.06. The first-order valence-corrected chi connectivity index (χ1v) is 6.65. The smallest absolute Gasteiger partial charge is 0.315 e. The van der Waals surface area contributed by atoms with Crippen LogP contribution in [0.5, 0.6) is 0 Å². The molecule has 0 aromatic heterocycles. The van der Waals surface area contributed by atoms with E-state index >= 15 is 0 Å². The van der Waals surface area contributed by atoms with Gasteiger partial charge in [-0.25, -0.2) is 4.79 Å². The fourth-order valence-electron chi connectivity index (χ4n) is 1.64. The van der Waals surface area contributed by atoms with Crippen LogP contribution in [0.15, 0.2) is 0 Å². The van der Waals surface area contributed by atoms with Crippen molar-refractivity contribution in [2.45, 2.75) is 39.7 Å². The maximum atomic E-state index is 11.7. The molecule has 6 heteroatoms. The van der Waals surface area contributed by atoms with Crippen molar-refractivity contribution >= 4 is 12.0 Å². The lowest BCUT2D eigenvalue weighted by atomic mass is 10.0. The second-order valence-electron chi connectivity index (χ2n) is 5.03. The molecule has 2 unspecified atom stereocenters. The van der Waals surface area contributed by atoms with Gasteiger partial charge in [-0.15, -0.1) is 0 Å². The van der Waals surface area contributed by atoms with Crippen molar-refractivity contribution in [3.8, 4) is 0 Å². The average molecular weight is 274 g/mol. The van der Waals surface area contributed by atoms with Crippen molar-refractivity contribution in [1.29, 1.82) is 0 Å². The van der Waals surface area contributed by atoms with Crippen molar-refractivity contribution in [3.05, 3.63) is 0 Å². The lowest BCUT2D eigenvalue weighted by Gasteiger charge is -2.22. The Bertz CT molecular complexity index is 282. The summed E-state index contributed by atoms with van der Waals surface area (Å²) in [5, 5.41) is 14.3. The Hall–Kier alpha value is -1.30. The van der Waals surface area contributed by atoms with E-state index in [-0.39, 0.29) is 30.3 Å². The maximum Gasteiger partial charge on any atom is 0.315 e. The number of aliphatic carboxylic acids is 1. The predicted molar refractivity (Wildman–Crippen MR) is 73.1 cm³/mol. The van der Waals surface area contributed by atoms with Crippen LogP contribution in [0, 0.1) is 11.8 Å². The second kappa shape index (κ2) is 9.61. The molecule has 0 aromatic carbocycles. The molecule has 0 saturated heterocycles. The molecule has 2 amide bonds. The number of hydrogen-bond donors (Lipinski definition) is 3. The Kier molecular flexibility index (Phi) is 8.95. The summed E-state index contributed by atoms with van der Waals surface area (Å²) in [7, 11) is 1.59. The largest absolute Gasteiger partial charge is 0.481 e. The number of carbonyl (C=O) groups is 2. The molecule has 0 bridgehead atoms. The Labute approximate surface area is 114 Å². The van der Waals surface area contributed by atoms with Crippen LogP contribution in [0.4, 0.5) is 4.79 Å². The zero-order valence-electron chi connectivity index (χ0n) is 12.2. The summed E-state index contributed by atoms with van der Waals surface area (Å²) in [6, 6.07) is -0.330. The van der Waals surface area contributed by atoms with Gasteiger partial charge in [0.25, 0.3) is 0 Å². The monoisotopic (exact) mass is 274 g/mol. The van der Waals surface area contributed by atoms with Gasteiger partial charge in [-0.3, -0.25) is 4.79 Å². The standard InChI is InChI=1S/C13H26N2O4/c1-5-10(6-12(16)17)7-14-13(18)15-11(8-19-4)9(2)3/h9-11H,5-8H2,1-4H3,(H,16,17)(H2,14,15,18). The Morgan fingerprint density at radius 1 is 1.32 bits per heavy atom. The molecule has 0 spiro atoms. The first-order chi connectivity index (χ1) is 8.90. The highest BCUT2D eigenvalue weighted by atomic mass is 16.5. The lowest BCUT2D eigenvalue weighted by Crippen LogP contribution is -2.47. The van der Waals surface area contributed by atoms with Gasteiger partial charge in [0.1, 0.15) is 0 Å². The van der Waals surface area contributed by atoms with E-state index in [1.54, 1.807) is 7.11 Å². The molecule has 0 fully saturated rings. The van der Waals surface area contributed by atoms with Crippen LogP contribution in [0.25, 0.3) is 0 Å². The first-order valence-electron chi connectivity index (χ1n) is 6.65. The molecule has 0 aromatic rings. The molecule has 0 aliphatic carbocycles. The Morgan fingerprint density at radius 2 is 1.95 bits per heavy atom. The molecule has 0 radical (unpaired) electrons. The van der Waals surface area contributed by atoms with E-state index in [9.17, 15) is 9.59 Å². The summed E-state index contributed by atoms with van der Waals surface area (Å²) in [6.07, 6.45) is 0.792. The fourth-order valence-corrected chi connectivity index (χ4v) is 1.64. The number of nitrogens with one attached hydrogen (secondary N) is 2. The molecule has 0 rings (SSSR count). The number of ether oxygens (including phenoxy) is 1. The molecule has 0 aliphatic rings. The van der Waals surface area contributed by atoms with Crippen molar-refractivity contribution < 1.29 is 19.4 Å². The average Bonchev–Trinajstić information content (AvgIpc) is 2.33. The number of methoxy groups -OCH3 is 1. The van der Waals surface area contributed by atoms with Crippen LogP contribution < -0.4 is 10.6 Å². The number of rotatable bonds is 9. The summed E-state index contributed by atoms with van der Waals surface area (Å²) in [5.41, 5.74) is 0. The van der Waals surface area contributed by atoms with E-state index in [0.717, 1.165) is 6.42 Å².